The van der Waals surface area contributed by atoms with Crippen LogP contribution in [0.3, 0.4) is 0 Å². The number of aryl methyl sites for hydroxylation is 1. The summed E-state index contributed by atoms with van der Waals surface area (Å²) in [5.74, 6) is 0.724. The lowest BCUT2D eigenvalue weighted by atomic mass is 10.0. The van der Waals surface area contributed by atoms with Crippen molar-refractivity contribution in [1.29, 1.82) is 0 Å². The third-order valence-corrected chi connectivity index (χ3v) is 4.42. The lowest BCUT2D eigenvalue weighted by Gasteiger charge is -2.12. The molecule has 0 spiro atoms. The Bertz CT molecular complexity index is 790. The Morgan fingerprint density at radius 1 is 0.889 bits per heavy atom. The van der Waals surface area contributed by atoms with Gasteiger partial charge in [0.25, 0.3) is 0 Å². The Balaban J connectivity index is 1.39. The van der Waals surface area contributed by atoms with Crippen molar-refractivity contribution in [3.05, 3.63) is 96.1 Å². The highest BCUT2D eigenvalue weighted by Gasteiger charge is 2.06. The number of hydrogen-bond acceptors (Lipinski definition) is 3. The van der Waals surface area contributed by atoms with E-state index in [0.717, 1.165) is 30.8 Å². The molecule has 0 heterocycles. The fourth-order valence-corrected chi connectivity index (χ4v) is 2.89. The molecule has 0 unspecified atom stereocenters. The van der Waals surface area contributed by atoms with Gasteiger partial charge in [-0.15, -0.1) is 0 Å². The van der Waals surface area contributed by atoms with Gasteiger partial charge in [-0.2, -0.15) is 0 Å². The highest BCUT2D eigenvalue weighted by atomic mass is 16.5. The third-order valence-electron chi connectivity index (χ3n) is 4.42. The third kappa shape index (κ3) is 6.80. The van der Waals surface area contributed by atoms with Crippen molar-refractivity contribution in [2.24, 2.45) is 0 Å². The Morgan fingerprint density at radius 2 is 1.70 bits per heavy atom. The van der Waals surface area contributed by atoms with Crippen molar-refractivity contribution in [3.63, 3.8) is 0 Å². The standard InChI is InChI=1S/C24H26NO2/c26-23(16-17-27-24-12-5-2-6-13-24)15-14-20-10-7-11-22(18-20)25-19-21-8-3-1-4-9-21/h1-12,18,23,25-26H,14-17,19H2/t23-/m0/s1. The molecule has 3 heteroatoms. The maximum absolute atomic E-state index is 10.2. The molecule has 2 N–H and O–H groups in total. The van der Waals surface area contributed by atoms with Crippen LogP contribution in [0.25, 0.3) is 0 Å². The predicted octanol–water partition coefficient (Wildman–Crippen LogP) is 4.86. The van der Waals surface area contributed by atoms with Crippen LogP contribution >= 0.6 is 0 Å². The number of ether oxygens (including phenoxy) is 1. The van der Waals surface area contributed by atoms with E-state index < -0.39 is 0 Å². The van der Waals surface area contributed by atoms with Gasteiger partial charge in [0, 0.05) is 24.7 Å². The van der Waals surface area contributed by atoms with Crippen LogP contribution in [0.2, 0.25) is 0 Å². The molecule has 3 nitrogen and oxygen atoms in total. The van der Waals surface area contributed by atoms with E-state index >= 15 is 0 Å². The molecule has 3 rings (SSSR count). The molecule has 139 valence electrons. The molecule has 27 heavy (non-hydrogen) atoms. The van der Waals surface area contributed by atoms with Crippen LogP contribution in [0.1, 0.15) is 24.0 Å². The first-order valence-electron chi connectivity index (χ1n) is 9.44. The van der Waals surface area contributed by atoms with Crippen molar-refractivity contribution in [3.8, 4) is 5.75 Å². The highest BCUT2D eigenvalue weighted by Crippen LogP contribution is 2.15. The van der Waals surface area contributed by atoms with Gasteiger partial charge < -0.3 is 15.2 Å². The molecule has 0 aliphatic rings. The van der Waals surface area contributed by atoms with E-state index in [9.17, 15) is 5.11 Å². The number of benzene rings is 3. The van der Waals surface area contributed by atoms with Gasteiger partial charge >= 0.3 is 0 Å². The summed E-state index contributed by atoms with van der Waals surface area (Å²) in [6, 6.07) is 29.3. The molecule has 0 fully saturated rings. The molecule has 0 saturated carbocycles. The van der Waals surface area contributed by atoms with Gasteiger partial charge in [0.15, 0.2) is 0 Å². The van der Waals surface area contributed by atoms with Crippen molar-refractivity contribution in [2.45, 2.75) is 31.9 Å². The van der Waals surface area contributed by atoms with Crippen molar-refractivity contribution >= 4 is 5.69 Å². The molecule has 3 aromatic carbocycles. The van der Waals surface area contributed by atoms with Crippen LogP contribution < -0.4 is 10.1 Å². The number of para-hydroxylation sites is 1. The SMILES string of the molecule is O[C@H](CCOc1[c]cccc1)CCc1cccc(NCc2ccccc2)c1. The summed E-state index contributed by atoms with van der Waals surface area (Å²) in [6.45, 7) is 1.31. The van der Waals surface area contributed by atoms with Crippen LogP contribution in [0.15, 0.2) is 78.9 Å². The molecular weight excluding hydrogens is 334 g/mol. The van der Waals surface area contributed by atoms with Crippen LogP contribution in [-0.2, 0) is 13.0 Å². The van der Waals surface area contributed by atoms with E-state index in [-0.39, 0.29) is 6.10 Å². The predicted molar refractivity (Wildman–Crippen MR) is 110 cm³/mol. The fraction of sp³-hybridized carbons (Fsp3) is 0.250. The number of aliphatic hydroxyl groups excluding tert-OH is 1. The maximum Gasteiger partial charge on any atom is 0.127 e. The highest BCUT2D eigenvalue weighted by molar-refractivity contribution is 5.46. The number of anilines is 1. The van der Waals surface area contributed by atoms with E-state index in [1.807, 2.05) is 42.5 Å². The average Bonchev–Trinajstić information content (AvgIpc) is 2.73. The molecule has 3 aromatic rings. The normalized spacial score (nSPS) is 11.7. The van der Waals surface area contributed by atoms with Crippen molar-refractivity contribution in [1.82, 2.24) is 0 Å². The summed E-state index contributed by atoms with van der Waals surface area (Å²) in [7, 11) is 0. The average molecular weight is 360 g/mol. The number of hydrogen-bond donors (Lipinski definition) is 2. The minimum absolute atomic E-state index is 0.366. The smallest absolute Gasteiger partial charge is 0.127 e. The summed E-state index contributed by atoms with van der Waals surface area (Å²) in [4.78, 5) is 0. The minimum atomic E-state index is -0.366. The van der Waals surface area contributed by atoms with E-state index in [0.29, 0.717) is 13.0 Å². The first-order chi connectivity index (χ1) is 13.3. The summed E-state index contributed by atoms with van der Waals surface area (Å²) >= 11 is 0. The summed E-state index contributed by atoms with van der Waals surface area (Å²) in [5.41, 5.74) is 3.59. The maximum atomic E-state index is 10.2. The monoisotopic (exact) mass is 360 g/mol. The van der Waals surface area contributed by atoms with Gasteiger partial charge in [0.2, 0.25) is 0 Å². The number of rotatable bonds is 10. The lowest BCUT2D eigenvalue weighted by Crippen LogP contribution is -2.13. The molecular formula is C24H26NO2. The fourth-order valence-electron chi connectivity index (χ4n) is 2.89. The Kier molecular flexibility index (Phi) is 7.31. The van der Waals surface area contributed by atoms with E-state index in [1.165, 1.54) is 11.1 Å². The minimum Gasteiger partial charge on any atom is -0.493 e. The Hall–Kier alpha value is -2.78. The number of nitrogens with one attached hydrogen (secondary N) is 1. The Morgan fingerprint density at radius 3 is 2.52 bits per heavy atom. The largest absolute Gasteiger partial charge is 0.493 e. The first kappa shape index (κ1) is 19.0. The molecule has 0 bridgehead atoms. The van der Waals surface area contributed by atoms with Gasteiger partial charge in [-0.1, -0.05) is 60.7 Å². The molecule has 0 aliphatic heterocycles. The molecule has 0 aromatic heterocycles. The second-order valence-electron chi connectivity index (χ2n) is 6.60. The molecule has 1 atom stereocenters. The van der Waals surface area contributed by atoms with E-state index in [2.05, 4.69) is 47.8 Å². The van der Waals surface area contributed by atoms with Gasteiger partial charge in [-0.25, -0.2) is 0 Å². The van der Waals surface area contributed by atoms with Gasteiger partial charge in [-0.3, -0.25) is 0 Å². The molecule has 0 aliphatic carbocycles. The summed E-state index contributed by atoms with van der Waals surface area (Å²) < 4.78 is 5.60. The van der Waals surface area contributed by atoms with E-state index in [4.69, 9.17) is 4.74 Å². The first-order valence-corrected chi connectivity index (χ1v) is 9.44. The molecule has 1 radical (unpaired) electrons. The zero-order chi connectivity index (χ0) is 18.7. The summed E-state index contributed by atoms with van der Waals surface area (Å²) in [6.07, 6.45) is 1.83. The topological polar surface area (TPSA) is 41.5 Å². The second-order valence-corrected chi connectivity index (χ2v) is 6.60. The van der Waals surface area contributed by atoms with Gasteiger partial charge in [0.1, 0.15) is 5.75 Å². The molecule has 0 saturated heterocycles. The number of aliphatic hydroxyl groups is 1. The zero-order valence-corrected chi connectivity index (χ0v) is 15.5. The summed E-state index contributed by atoms with van der Waals surface area (Å²) in [5, 5.41) is 13.7. The molecule has 0 amide bonds. The van der Waals surface area contributed by atoms with Crippen LogP contribution in [0.4, 0.5) is 5.69 Å². The van der Waals surface area contributed by atoms with Crippen LogP contribution in [-0.4, -0.2) is 17.8 Å². The lowest BCUT2D eigenvalue weighted by molar-refractivity contribution is 0.131. The second kappa shape index (κ2) is 10.4. The van der Waals surface area contributed by atoms with Crippen molar-refractivity contribution < 1.29 is 9.84 Å². The Labute approximate surface area is 161 Å². The van der Waals surface area contributed by atoms with Crippen LogP contribution in [0.5, 0.6) is 5.75 Å². The van der Waals surface area contributed by atoms with Crippen LogP contribution in [0, 0.1) is 6.07 Å². The van der Waals surface area contributed by atoms with E-state index in [1.54, 1.807) is 0 Å². The quantitative estimate of drug-likeness (QED) is 0.542. The van der Waals surface area contributed by atoms with Crippen molar-refractivity contribution in [2.75, 3.05) is 11.9 Å². The zero-order valence-electron chi connectivity index (χ0n) is 15.5. The van der Waals surface area contributed by atoms with Gasteiger partial charge in [0.05, 0.1) is 12.7 Å². The van der Waals surface area contributed by atoms with Gasteiger partial charge in [-0.05, 0) is 42.2 Å².